The Bertz CT molecular complexity index is 724. The van der Waals surface area contributed by atoms with Gasteiger partial charge in [0.1, 0.15) is 5.82 Å². The van der Waals surface area contributed by atoms with Gasteiger partial charge in [0.2, 0.25) is 0 Å². The first kappa shape index (κ1) is 22.7. The van der Waals surface area contributed by atoms with Crippen LogP contribution in [0.1, 0.15) is 22.3 Å². The number of pyridine rings is 1. The minimum absolute atomic E-state index is 0. The molecule has 0 radical (unpaired) electrons. The van der Waals surface area contributed by atoms with Crippen LogP contribution in [0.3, 0.4) is 0 Å². The third kappa shape index (κ3) is 7.11. The second-order valence-corrected chi connectivity index (χ2v) is 6.62. The van der Waals surface area contributed by atoms with Crippen LogP contribution in [-0.2, 0) is 18.7 Å². The average Bonchev–Trinajstić information content (AvgIpc) is 2.61. The summed E-state index contributed by atoms with van der Waals surface area (Å²) < 4.78 is 13.4. The van der Waals surface area contributed by atoms with E-state index in [0.717, 1.165) is 35.8 Å². The molecule has 0 amide bonds. The summed E-state index contributed by atoms with van der Waals surface area (Å²) in [4.78, 5) is 8.36. The van der Waals surface area contributed by atoms with Gasteiger partial charge in [0.25, 0.3) is 0 Å². The first-order chi connectivity index (χ1) is 12.1. The number of aryl methyl sites for hydroxylation is 1. The summed E-state index contributed by atoms with van der Waals surface area (Å²) in [5.41, 5.74) is 4.57. The topological polar surface area (TPSA) is 49.3 Å². The lowest BCUT2D eigenvalue weighted by Gasteiger charge is -2.14. The predicted octanol–water partition coefficient (Wildman–Crippen LogP) is 3.92. The van der Waals surface area contributed by atoms with Gasteiger partial charge in [0.15, 0.2) is 5.96 Å². The lowest BCUT2D eigenvalue weighted by atomic mass is 10.1. The smallest absolute Gasteiger partial charge is 0.191 e. The first-order valence-corrected chi connectivity index (χ1v) is 9.63. The Labute approximate surface area is 176 Å². The van der Waals surface area contributed by atoms with E-state index in [2.05, 4.69) is 27.5 Å². The number of benzene rings is 1. The Hall–Kier alpha value is -1.35. The monoisotopic (exact) mass is 488 g/mol. The van der Waals surface area contributed by atoms with Crippen molar-refractivity contribution in [2.24, 2.45) is 4.99 Å². The van der Waals surface area contributed by atoms with E-state index >= 15 is 0 Å². The molecule has 2 N–H and O–H groups in total. The van der Waals surface area contributed by atoms with Crippen molar-refractivity contribution in [3.05, 3.63) is 64.7 Å². The van der Waals surface area contributed by atoms with E-state index in [4.69, 9.17) is 0 Å². The highest BCUT2D eigenvalue weighted by Gasteiger charge is 2.06. The second kappa shape index (κ2) is 12.1. The van der Waals surface area contributed by atoms with Gasteiger partial charge in [-0.1, -0.05) is 6.07 Å². The Morgan fingerprint density at radius 3 is 2.69 bits per heavy atom. The molecule has 0 aliphatic carbocycles. The molecule has 0 aliphatic heterocycles. The molecule has 0 aliphatic rings. The highest BCUT2D eigenvalue weighted by molar-refractivity contribution is 14.0. The van der Waals surface area contributed by atoms with Crippen molar-refractivity contribution < 1.29 is 4.39 Å². The number of nitrogens with one attached hydrogen (secondary N) is 2. The van der Waals surface area contributed by atoms with Gasteiger partial charge >= 0.3 is 0 Å². The third-order valence-corrected chi connectivity index (χ3v) is 4.56. The third-order valence-electron chi connectivity index (χ3n) is 3.96. The molecule has 7 heteroatoms. The number of thioether (sulfide) groups is 1. The molecular formula is C19H26FIN4S. The molecule has 26 heavy (non-hydrogen) atoms. The molecule has 0 saturated carbocycles. The second-order valence-electron chi connectivity index (χ2n) is 5.75. The number of aliphatic imine (C=N–C) groups is 1. The van der Waals surface area contributed by atoms with Crippen LogP contribution in [0, 0.1) is 12.7 Å². The van der Waals surface area contributed by atoms with Crippen LogP contribution in [-0.4, -0.2) is 30.8 Å². The molecule has 142 valence electrons. The van der Waals surface area contributed by atoms with Gasteiger partial charge in [-0.25, -0.2) is 4.39 Å². The van der Waals surface area contributed by atoms with Crippen LogP contribution >= 0.6 is 35.7 Å². The molecule has 0 atom stereocenters. The molecule has 1 aromatic heterocycles. The quantitative estimate of drug-likeness (QED) is 0.353. The summed E-state index contributed by atoms with van der Waals surface area (Å²) in [6.07, 6.45) is 6.62. The number of nitrogens with zero attached hydrogens (tertiary/aromatic N) is 2. The maximum absolute atomic E-state index is 13.4. The van der Waals surface area contributed by atoms with E-state index in [1.54, 1.807) is 24.9 Å². The maximum atomic E-state index is 13.4. The van der Waals surface area contributed by atoms with Crippen LogP contribution in [0.25, 0.3) is 0 Å². The van der Waals surface area contributed by atoms with Gasteiger partial charge in [-0.3, -0.25) is 9.98 Å². The van der Waals surface area contributed by atoms with Crippen LogP contribution in [0.5, 0.6) is 0 Å². The van der Waals surface area contributed by atoms with Crippen molar-refractivity contribution in [2.45, 2.75) is 25.6 Å². The minimum Gasteiger partial charge on any atom is -0.356 e. The van der Waals surface area contributed by atoms with Gasteiger partial charge in [0.05, 0.1) is 0 Å². The summed E-state index contributed by atoms with van der Waals surface area (Å²) in [6, 6.07) is 6.99. The molecular weight excluding hydrogens is 462 g/mol. The van der Waals surface area contributed by atoms with Crippen molar-refractivity contribution in [3.8, 4) is 0 Å². The molecule has 0 saturated heterocycles. The van der Waals surface area contributed by atoms with E-state index in [0.29, 0.717) is 6.54 Å². The van der Waals surface area contributed by atoms with E-state index in [9.17, 15) is 4.39 Å². The van der Waals surface area contributed by atoms with Gasteiger partial charge in [0, 0.05) is 38.3 Å². The molecule has 0 unspecified atom stereocenters. The lowest BCUT2D eigenvalue weighted by Crippen LogP contribution is -2.38. The lowest BCUT2D eigenvalue weighted by molar-refractivity contribution is 0.625. The van der Waals surface area contributed by atoms with E-state index < -0.39 is 0 Å². The minimum atomic E-state index is -0.192. The van der Waals surface area contributed by atoms with Gasteiger partial charge in [-0.2, -0.15) is 11.8 Å². The molecule has 0 spiro atoms. The fourth-order valence-electron chi connectivity index (χ4n) is 2.55. The standard InChI is InChI=1S/C19H25FN4S.HI/c1-14-11-22-8-6-15(14)7-9-23-19(21-2)24-12-16-4-5-18(20)10-17(16)13-25-3;/h4-6,8,10-11H,7,9,12-13H2,1-3H3,(H2,21,23,24);1H. The molecule has 2 rings (SSSR count). The van der Waals surface area contributed by atoms with Gasteiger partial charge in [-0.15, -0.1) is 24.0 Å². The SMILES string of the molecule is CN=C(NCCc1ccncc1C)NCc1ccc(F)cc1CSC.I. The van der Waals surface area contributed by atoms with Crippen LogP contribution in [0.4, 0.5) is 4.39 Å². The number of hydrogen-bond donors (Lipinski definition) is 2. The van der Waals surface area contributed by atoms with Crippen molar-refractivity contribution in [2.75, 3.05) is 19.8 Å². The number of hydrogen-bond acceptors (Lipinski definition) is 3. The van der Waals surface area contributed by atoms with Crippen molar-refractivity contribution in [1.82, 2.24) is 15.6 Å². The Morgan fingerprint density at radius 1 is 1.19 bits per heavy atom. The fraction of sp³-hybridized carbons (Fsp3) is 0.368. The highest BCUT2D eigenvalue weighted by atomic mass is 127. The Balaban J connectivity index is 0.00000338. The highest BCUT2D eigenvalue weighted by Crippen LogP contribution is 2.16. The number of aromatic nitrogens is 1. The van der Waals surface area contributed by atoms with E-state index in [1.807, 2.05) is 30.8 Å². The number of halogens is 2. The normalized spacial score (nSPS) is 11.0. The Kier molecular flexibility index (Phi) is 10.6. The summed E-state index contributed by atoms with van der Waals surface area (Å²) in [5, 5.41) is 6.62. The zero-order chi connectivity index (χ0) is 18.1. The van der Waals surface area contributed by atoms with Crippen molar-refractivity contribution >= 4 is 41.7 Å². The molecule has 4 nitrogen and oxygen atoms in total. The largest absolute Gasteiger partial charge is 0.356 e. The van der Waals surface area contributed by atoms with Gasteiger partial charge < -0.3 is 10.6 Å². The average molecular weight is 488 g/mol. The molecule has 1 heterocycles. The van der Waals surface area contributed by atoms with Crippen molar-refractivity contribution in [1.29, 1.82) is 0 Å². The first-order valence-electron chi connectivity index (χ1n) is 8.24. The summed E-state index contributed by atoms with van der Waals surface area (Å²) in [6.45, 7) is 3.47. The van der Waals surface area contributed by atoms with Crippen LogP contribution in [0.2, 0.25) is 0 Å². The summed E-state index contributed by atoms with van der Waals surface area (Å²) in [5.74, 6) is 1.34. The van der Waals surface area contributed by atoms with Crippen LogP contribution < -0.4 is 10.6 Å². The van der Waals surface area contributed by atoms with Gasteiger partial charge in [-0.05, 0) is 60.1 Å². The summed E-state index contributed by atoms with van der Waals surface area (Å²) in [7, 11) is 1.75. The van der Waals surface area contributed by atoms with Crippen LogP contribution in [0.15, 0.2) is 41.7 Å². The van der Waals surface area contributed by atoms with E-state index in [-0.39, 0.29) is 29.8 Å². The zero-order valence-corrected chi connectivity index (χ0v) is 18.5. The predicted molar refractivity (Wildman–Crippen MR) is 120 cm³/mol. The molecule has 0 fully saturated rings. The molecule has 1 aromatic carbocycles. The molecule has 0 bridgehead atoms. The molecule has 2 aromatic rings. The van der Waals surface area contributed by atoms with Crippen molar-refractivity contribution in [3.63, 3.8) is 0 Å². The zero-order valence-electron chi connectivity index (χ0n) is 15.4. The number of rotatable bonds is 7. The van der Waals surface area contributed by atoms with E-state index in [1.165, 1.54) is 17.2 Å². The number of guanidine groups is 1. The maximum Gasteiger partial charge on any atom is 0.191 e. The fourth-order valence-corrected chi connectivity index (χ4v) is 3.13. The Morgan fingerprint density at radius 2 is 2.00 bits per heavy atom. The summed E-state index contributed by atoms with van der Waals surface area (Å²) >= 11 is 1.69.